The van der Waals surface area contributed by atoms with Crippen LogP contribution in [0.5, 0.6) is 0 Å². The highest BCUT2D eigenvalue weighted by molar-refractivity contribution is 7.15. The van der Waals surface area contributed by atoms with Gasteiger partial charge in [0.15, 0.2) is 0 Å². The number of non-ortho nitro benzene ring substituents is 1. The number of hydrogen-bond acceptors (Lipinski definition) is 7. The molecule has 0 saturated heterocycles. The number of nitro groups is 1. The third-order valence-corrected chi connectivity index (χ3v) is 8.39. The lowest BCUT2D eigenvalue weighted by Gasteiger charge is -2.55. The molecule has 0 aliphatic heterocycles. The molecule has 0 spiro atoms. The molecule has 164 valence electrons. The lowest BCUT2D eigenvalue weighted by Crippen LogP contribution is -2.48. The minimum absolute atomic E-state index is 0.00460. The summed E-state index contributed by atoms with van der Waals surface area (Å²) in [7, 11) is 0. The number of nitrogens with one attached hydrogen (secondary N) is 1. The number of rotatable bonds is 5. The van der Waals surface area contributed by atoms with Gasteiger partial charge in [0.2, 0.25) is 5.13 Å². The van der Waals surface area contributed by atoms with Crippen LogP contribution in [0.2, 0.25) is 0 Å². The lowest BCUT2D eigenvalue weighted by molar-refractivity contribution is -0.384. The van der Waals surface area contributed by atoms with Crippen LogP contribution in [0.15, 0.2) is 36.7 Å². The number of hydrogen-bond donors (Lipinski definition) is 1. The van der Waals surface area contributed by atoms with E-state index in [1.807, 2.05) is 0 Å². The highest BCUT2D eigenvalue weighted by Gasteiger charge is 2.53. The monoisotopic (exact) mass is 450 g/mol. The number of carbonyl (C=O) groups is 1. The third-order valence-electron chi connectivity index (χ3n) is 7.31. The normalized spacial score (nSPS) is 28.1. The van der Waals surface area contributed by atoms with E-state index >= 15 is 0 Å². The molecule has 4 aliphatic carbocycles. The van der Waals surface area contributed by atoms with Gasteiger partial charge in [-0.25, -0.2) is 4.68 Å². The second kappa shape index (κ2) is 7.19. The van der Waals surface area contributed by atoms with E-state index in [1.165, 1.54) is 72.9 Å². The molecule has 10 heteroatoms. The van der Waals surface area contributed by atoms with Gasteiger partial charge in [-0.05, 0) is 68.4 Å². The Morgan fingerprint density at radius 2 is 1.75 bits per heavy atom. The second-order valence-corrected chi connectivity index (χ2v) is 10.5. The van der Waals surface area contributed by atoms with Crippen molar-refractivity contribution in [2.75, 3.05) is 5.32 Å². The standard InChI is InChI=1S/C22H22N6O3S/c29-19(16-11-23-27(12-16)17-1-3-18(4-2-17)28(30)31)24-21-26-25-20(32-21)22-8-13-5-14(9-22)7-15(6-13)10-22/h1-4,11-15H,5-10H2,(H,24,26,29). The molecule has 2 aromatic heterocycles. The molecule has 7 rings (SSSR count). The average molecular weight is 451 g/mol. The van der Waals surface area contributed by atoms with E-state index in [1.54, 1.807) is 18.3 Å². The van der Waals surface area contributed by atoms with Crippen molar-refractivity contribution in [3.05, 3.63) is 57.3 Å². The number of amides is 1. The summed E-state index contributed by atoms with van der Waals surface area (Å²) in [6.07, 6.45) is 10.8. The first kappa shape index (κ1) is 19.5. The number of nitrogens with zero attached hydrogens (tertiary/aromatic N) is 5. The summed E-state index contributed by atoms with van der Waals surface area (Å²) in [5.74, 6) is 2.18. The van der Waals surface area contributed by atoms with Gasteiger partial charge in [-0.1, -0.05) is 11.3 Å². The van der Waals surface area contributed by atoms with Crippen molar-refractivity contribution in [3.63, 3.8) is 0 Å². The van der Waals surface area contributed by atoms with Gasteiger partial charge in [-0.2, -0.15) is 5.10 Å². The van der Waals surface area contributed by atoms with E-state index in [-0.39, 0.29) is 17.0 Å². The van der Waals surface area contributed by atoms with Crippen molar-refractivity contribution in [1.29, 1.82) is 0 Å². The number of benzene rings is 1. The predicted octanol–water partition coefficient (Wildman–Crippen LogP) is 4.35. The van der Waals surface area contributed by atoms with Gasteiger partial charge in [0.05, 0.1) is 22.4 Å². The Labute approximate surface area is 188 Å². The largest absolute Gasteiger partial charge is 0.296 e. The maximum atomic E-state index is 12.7. The summed E-state index contributed by atoms with van der Waals surface area (Å²) in [5.41, 5.74) is 1.19. The molecule has 4 bridgehead atoms. The van der Waals surface area contributed by atoms with Crippen molar-refractivity contribution >= 4 is 28.1 Å². The van der Waals surface area contributed by atoms with Crippen LogP contribution in [-0.4, -0.2) is 30.8 Å². The van der Waals surface area contributed by atoms with Crippen LogP contribution in [0, 0.1) is 27.9 Å². The maximum absolute atomic E-state index is 12.7. The molecule has 0 unspecified atom stereocenters. The van der Waals surface area contributed by atoms with Crippen LogP contribution in [0.3, 0.4) is 0 Å². The molecule has 1 aromatic carbocycles. The van der Waals surface area contributed by atoms with Gasteiger partial charge in [-0.15, -0.1) is 10.2 Å². The quantitative estimate of drug-likeness (QED) is 0.456. The molecular formula is C22H22N6O3S. The van der Waals surface area contributed by atoms with Gasteiger partial charge >= 0.3 is 0 Å². The van der Waals surface area contributed by atoms with Crippen molar-refractivity contribution in [2.24, 2.45) is 17.8 Å². The second-order valence-electron chi connectivity index (χ2n) is 9.51. The van der Waals surface area contributed by atoms with E-state index in [4.69, 9.17) is 0 Å². The van der Waals surface area contributed by atoms with Gasteiger partial charge in [0, 0.05) is 23.7 Å². The highest BCUT2D eigenvalue weighted by Crippen LogP contribution is 2.61. The van der Waals surface area contributed by atoms with Crippen LogP contribution in [-0.2, 0) is 5.41 Å². The van der Waals surface area contributed by atoms with Crippen LogP contribution in [0.4, 0.5) is 10.8 Å². The zero-order valence-electron chi connectivity index (χ0n) is 17.3. The maximum Gasteiger partial charge on any atom is 0.269 e. The first-order valence-electron chi connectivity index (χ1n) is 10.9. The van der Waals surface area contributed by atoms with Gasteiger partial charge in [-0.3, -0.25) is 20.2 Å². The summed E-state index contributed by atoms with van der Waals surface area (Å²) in [4.78, 5) is 23.1. The van der Waals surface area contributed by atoms with E-state index < -0.39 is 4.92 Å². The summed E-state index contributed by atoms with van der Waals surface area (Å²) >= 11 is 1.51. The number of carbonyl (C=O) groups excluding carboxylic acids is 1. The summed E-state index contributed by atoms with van der Waals surface area (Å²) in [6.45, 7) is 0. The molecule has 4 saturated carbocycles. The van der Waals surface area contributed by atoms with Crippen LogP contribution in [0.25, 0.3) is 5.69 Å². The van der Waals surface area contributed by atoms with Gasteiger partial charge in [0.25, 0.3) is 11.6 Å². The lowest BCUT2D eigenvalue weighted by atomic mass is 9.50. The van der Waals surface area contributed by atoms with Crippen LogP contribution >= 0.6 is 11.3 Å². The zero-order valence-corrected chi connectivity index (χ0v) is 18.1. The molecule has 9 nitrogen and oxygen atoms in total. The Morgan fingerprint density at radius 1 is 1.09 bits per heavy atom. The molecule has 3 aromatic rings. The smallest absolute Gasteiger partial charge is 0.269 e. The minimum Gasteiger partial charge on any atom is -0.296 e. The molecule has 1 N–H and O–H groups in total. The summed E-state index contributed by atoms with van der Waals surface area (Å²) < 4.78 is 1.51. The fourth-order valence-electron chi connectivity index (χ4n) is 6.34. The number of nitro benzene ring substituents is 1. The Kier molecular flexibility index (Phi) is 4.39. The van der Waals surface area contributed by atoms with Crippen molar-refractivity contribution < 1.29 is 9.72 Å². The number of anilines is 1. The molecule has 1 amide bonds. The van der Waals surface area contributed by atoms with Gasteiger partial charge < -0.3 is 0 Å². The molecule has 4 aliphatic rings. The van der Waals surface area contributed by atoms with Gasteiger partial charge in [0.1, 0.15) is 5.01 Å². The molecule has 0 atom stereocenters. The van der Waals surface area contributed by atoms with Crippen molar-refractivity contribution in [2.45, 2.75) is 43.9 Å². The molecule has 32 heavy (non-hydrogen) atoms. The van der Waals surface area contributed by atoms with E-state index in [2.05, 4.69) is 20.6 Å². The topological polar surface area (TPSA) is 116 Å². The molecule has 0 radical (unpaired) electrons. The third kappa shape index (κ3) is 3.29. The fraction of sp³-hybridized carbons (Fsp3) is 0.455. The minimum atomic E-state index is -0.453. The zero-order chi connectivity index (χ0) is 21.9. The summed E-state index contributed by atoms with van der Waals surface area (Å²) in [6, 6.07) is 6.00. The first-order chi connectivity index (χ1) is 15.5. The Balaban J connectivity index is 1.17. The average Bonchev–Trinajstić information content (AvgIpc) is 3.43. The SMILES string of the molecule is O=C(Nc1nnc(C23CC4CC(CC(C4)C2)C3)s1)c1cnn(-c2ccc([N+](=O)[O-])cc2)c1. The Bertz CT molecular complexity index is 1170. The highest BCUT2D eigenvalue weighted by atomic mass is 32.1. The van der Waals surface area contributed by atoms with Crippen LogP contribution in [0.1, 0.15) is 53.9 Å². The van der Waals surface area contributed by atoms with Crippen molar-refractivity contribution in [3.8, 4) is 5.69 Å². The van der Waals surface area contributed by atoms with Crippen molar-refractivity contribution in [1.82, 2.24) is 20.0 Å². The van der Waals surface area contributed by atoms with Crippen LogP contribution < -0.4 is 5.32 Å². The van der Waals surface area contributed by atoms with E-state index in [9.17, 15) is 14.9 Å². The predicted molar refractivity (Wildman–Crippen MR) is 118 cm³/mol. The summed E-state index contributed by atoms with van der Waals surface area (Å²) in [5, 5.41) is 28.3. The fourth-order valence-corrected chi connectivity index (χ4v) is 7.29. The van der Waals surface area contributed by atoms with E-state index in [0.717, 1.165) is 22.8 Å². The Morgan fingerprint density at radius 3 is 2.38 bits per heavy atom. The Hall–Kier alpha value is -3.14. The first-order valence-corrected chi connectivity index (χ1v) is 11.7. The molecule has 2 heterocycles. The number of aromatic nitrogens is 4. The molecular weight excluding hydrogens is 428 g/mol. The van der Waals surface area contributed by atoms with E-state index in [0.29, 0.717) is 16.4 Å². The molecule has 4 fully saturated rings.